The van der Waals surface area contributed by atoms with Crippen molar-refractivity contribution in [2.45, 2.75) is 38.1 Å². The van der Waals surface area contributed by atoms with E-state index in [2.05, 4.69) is 33.7 Å². The quantitative estimate of drug-likeness (QED) is 0.822. The topological polar surface area (TPSA) is 61.0 Å². The maximum atomic E-state index is 12.2. The Labute approximate surface area is 143 Å². The number of carbonyl (C=O) groups is 1. The molecule has 2 heterocycles. The van der Waals surface area contributed by atoms with E-state index in [1.165, 1.54) is 6.42 Å². The summed E-state index contributed by atoms with van der Waals surface area (Å²) < 4.78 is 0. The van der Waals surface area contributed by atoms with Crippen LogP contribution in [0.3, 0.4) is 0 Å². The number of amides is 1. The summed E-state index contributed by atoms with van der Waals surface area (Å²) >= 11 is 0. The minimum Gasteiger partial charge on any atom is -0.346 e. The Bertz CT molecular complexity index is 646. The number of hydrogen-bond acceptors (Lipinski definition) is 3. The van der Waals surface area contributed by atoms with Crippen LogP contribution in [0.5, 0.6) is 0 Å². The van der Waals surface area contributed by atoms with Crippen molar-refractivity contribution >= 4 is 5.91 Å². The van der Waals surface area contributed by atoms with Gasteiger partial charge in [0, 0.05) is 37.3 Å². The van der Waals surface area contributed by atoms with Crippen molar-refractivity contribution in [1.29, 1.82) is 0 Å². The molecule has 1 saturated heterocycles. The van der Waals surface area contributed by atoms with Gasteiger partial charge in [-0.1, -0.05) is 30.3 Å². The fraction of sp³-hybridized carbons (Fsp3) is 0.474. The molecule has 0 saturated carbocycles. The van der Waals surface area contributed by atoms with Gasteiger partial charge in [-0.2, -0.15) is 5.10 Å². The predicted molar refractivity (Wildman–Crippen MR) is 95.6 cm³/mol. The van der Waals surface area contributed by atoms with Gasteiger partial charge in [0.05, 0.1) is 5.69 Å². The second-order valence-electron chi connectivity index (χ2n) is 6.56. The standard InChI is InChI=1S/C19H26N4O/c1-23(19(24)14-16-9-5-11-20-16)12-6-10-17-13-18(22-21-17)15-7-3-2-4-8-15/h2-4,7-8,13,16,20H,5-6,9-12,14H2,1H3,(H,21,22). The molecule has 2 aromatic rings. The number of nitrogens with zero attached hydrogens (tertiary/aromatic N) is 2. The van der Waals surface area contributed by atoms with Gasteiger partial charge in [0.15, 0.2) is 0 Å². The summed E-state index contributed by atoms with van der Waals surface area (Å²) in [6, 6.07) is 12.6. The molecule has 1 aliphatic heterocycles. The third-order valence-electron chi connectivity index (χ3n) is 4.65. The molecule has 1 aliphatic rings. The highest BCUT2D eigenvalue weighted by molar-refractivity contribution is 5.76. The number of nitrogens with one attached hydrogen (secondary N) is 2. The molecule has 2 N–H and O–H groups in total. The first kappa shape index (κ1) is 16.7. The van der Waals surface area contributed by atoms with Gasteiger partial charge >= 0.3 is 0 Å². The lowest BCUT2D eigenvalue weighted by molar-refractivity contribution is -0.130. The van der Waals surface area contributed by atoms with Crippen molar-refractivity contribution in [1.82, 2.24) is 20.4 Å². The van der Waals surface area contributed by atoms with E-state index in [0.717, 1.165) is 49.3 Å². The number of aromatic nitrogens is 2. The van der Waals surface area contributed by atoms with Crippen LogP contribution >= 0.6 is 0 Å². The molecule has 3 rings (SSSR count). The number of aryl methyl sites for hydroxylation is 1. The highest BCUT2D eigenvalue weighted by atomic mass is 16.2. The zero-order valence-electron chi connectivity index (χ0n) is 14.3. The molecule has 1 fully saturated rings. The Hall–Kier alpha value is -2.14. The highest BCUT2D eigenvalue weighted by Gasteiger charge is 2.19. The molecule has 0 aliphatic carbocycles. The normalized spacial score (nSPS) is 17.1. The fourth-order valence-electron chi connectivity index (χ4n) is 3.18. The van der Waals surface area contributed by atoms with E-state index in [4.69, 9.17) is 0 Å². The van der Waals surface area contributed by atoms with Crippen molar-refractivity contribution in [3.05, 3.63) is 42.1 Å². The zero-order valence-corrected chi connectivity index (χ0v) is 14.3. The van der Waals surface area contributed by atoms with Crippen LogP contribution in [0.15, 0.2) is 36.4 Å². The summed E-state index contributed by atoms with van der Waals surface area (Å²) in [5.41, 5.74) is 3.21. The van der Waals surface area contributed by atoms with Crippen LogP contribution in [-0.2, 0) is 11.2 Å². The largest absolute Gasteiger partial charge is 0.346 e. The highest BCUT2D eigenvalue weighted by Crippen LogP contribution is 2.17. The minimum atomic E-state index is 0.240. The molecule has 1 amide bonds. The van der Waals surface area contributed by atoms with Crippen LogP contribution in [0, 0.1) is 0 Å². The summed E-state index contributed by atoms with van der Waals surface area (Å²) in [6.07, 6.45) is 4.77. The predicted octanol–water partition coefficient (Wildman–Crippen LogP) is 2.61. The minimum absolute atomic E-state index is 0.240. The van der Waals surface area contributed by atoms with Crippen molar-refractivity contribution in [2.75, 3.05) is 20.1 Å². The van der Waals surface area contributed by atoms with Crippen LogP contribution < -0.4 is 5.32 Å². The summed E-state index contributed by atoms with van der Waals surface area (Å²) in [4.78, 5) is 14.1. The van der Waals surface area contributed by atoms with E-state index in [9.17, 15) is 4.79 Å². The number of H-pyrrole nitrogens is 1. The lowest BCUT2D eigenvalue weighted by Crippen LogP contribution is -2.34. The van der Waals surface area contributed by atoms with Crippen molar-refractivity contribution in [3.63, 3.8) is 0 Å². The van der Waals surface area contributed by atoms with Gasteiger partial charge in [-0.05, 0) is 38.3 Å². The summed E-state index contributed by atoms with van der Waals surface area (Å²) in [5, 5.41) is 10.9. The molecule has 5 nitrogen and oxygen atoms in total. The van der Waals surface area contributed by atoms with Crippen LogP contribution in [0.1, 0.15) is 31.4 Å². The van der Waals surface area contributed by atoms with Crippen LogP contribution in [0.4, 0.5) is 0 Å². The van der Waals surface area contributed by atoms with Gasteiger partial charge in [0.25, 0.3) is 0 Å². The van der Waals surface area contributed by atoms with Crippen LogP contribution in [-0.4, -0.2) is 47.2 Å². The van der Waals surface area contributed by atoms with Gasteiger partial charge in [-0.15, -0.1) is 0 Å². The first-order valence-corrected chi connectivity index (χ1v) is 8.79. The maximum absolute atomic E-state index is 12.2. The van der Waals surface area contributed by atoms with Gasteiger partial charge in [0.2, 0.25) is 5.91 Å². The summed E-state index contributed by atoms with van der Waals surface area (Å²) in [6.45, 7) is 1.83. The number of rotatable bonds is 7. The van der Waals surface area contributed by atoms with Gasteiger partial charge in [-0.3, -0.25) is 9.89 Å². The molecule has 24 heavy (non-hydrogen) atoms. The third-order valence-corrected chi connectivity index (χ3v) is 4.65. The van der Waals surface area contributed by atoms with E-state index in [-0.39, 0.29) is 5.91 Å². The molecule has 5 heteroatoms. The smallest absolute Gasteiger partial charge is 0.223 e. The second kappa shape index (κ2) is 8.11. The van der Waals surface area contributed by atoms with Crippen molar-refractivity contribution in [3.8, 4) is 11.3 Å². The summed E-state index contributed by atoms with van der Waals surface area (Å²) in [7, 11) is 1.90. The van der Waals surface area contributed by atoms with E-state index >= 15 is 0 Å². The Morgan fingerprint density at radius 3 is 2.92 bits per heavy atom. The van der Waals surface area contributed by atoms with Crippen LogP contribution in [0.2, 0.25) is 0 Å². The van der Waals surface area contributed by atoms with Gasteiger partial charge < -0.3 is 10.2 Å². The van der Waals surface area contributed by atoms with E-state index < -0.39 is 0 Å². The lowest BCUT2D eigenvalue weighted by Gasteiger charge is -2.19. The average molecular weight is 326 g/mol. The Morgan fingerprint density at radius 2 is 2.17 bits per heavy atom. The molecular formula is C19H26N4O. The number of benzene rings is 1. The number of hydrogen-bond donors (Lipinski definition) is 2. The molecule has 1 aromatic carbocycles. The zero-order chi connectivity index (χ0) is 16.8. The first-order chi connectivity index (χ1) is 11.7. The van der Waals surface area contributed by atoms with E-state index in [1.807, 2.05) is 30.1 Å². The van der Waals surface area contributed by atoms with Crippen LogP contribution in [0.25, 0.3) is 11.3 Å². The molecule has 0 spiro atoms. The molecule has 128 valence electrons. The van der Waals surface area contributed by atoms with Crippen molar-refractivity contribution < 1.29 is 4.79 Å². The molecule has 0 radical (unpaired) electrons. The Balaban J connectivity index is 1.43. The number of aromatic amines is 1. The Kier molecular flexibility index (Phi) is 5.64. The lowest BCUT2D eigenvalue weighted by atomic mass is 10.1. The maximum Gasteiger partial charge on any atom is 0.223 e. The molecule has 1 atom stereocenters. The summed E-state index contributed by atoms with van der Waals surface area (Å²) in [5.74, 6) is 0.240. The SMILES string of the molecule is CN(CCCc1cc(-c2ccccc2)n[nH]1)C(=O)CC1CCCN1. The van der Waals surface area contributed by atoms with Gasteiger partial charge in [0.1, 0.15) is 0 Å². The molecular weight excluding hydrogens is 300 g/mol. The molecule has 1 unspecified atom stereocenters. The average Bonchev–Trinajstić information content (AvgIpc) is 3.27. The van der Waals surface area contributed by atoms with E-state index in [1.54, 1.807) is 0 Å². The first-order valence-electron chi connectivity index (χ1n) is 8.79. The molecule has 0 bridgehead atoms. The monoisotopic (exact) mass is 326 g/mol. The van der Waals surface area contributed by atoms with Crippen molar-refractivity contribution in [2.24, 2.45) is 0 Å². The fourth-order valence-corrected chi connectivity index (χ4v) is 3.18. The second-order valence-corrected chi connectivity index (χ2v) is 6.56. The third kappa shape index (κ3) is 4.45. The van der Waals surface area contributed by atoms with E-state index in [0.29, 0.717) is 12.5 Å². The molecule has 1 aromatic heterocycles. The van der Waals surface area contributed by atoms with Gasteiger partial charge in [-0.25, -0.2) is 0 Å². The Morgan fingerprint density at radius 1 is 1.33 bits per heavy atom. The number of carbonyl (C=O) groups excluding carboxylic acids is 1.